The van der Waals surface area contributed by atoms with Gasteiger partial charge in [0.25, 0.3) is 0 Å². The zero-order valence-electron chi connectivity index (χ0n) is 17.6. The van der Waals surface area contributed by atoms with Crippen LogP contribution in [-0.2, 0) is 18.3 Å². The molecule has 0 bridgehead atoms. The molecule has 33 heavy (non-hydrogen) atoms. The van der Waals surface area contributed by atoms with Crippen molar-refractivity contribution in [3.05, 3.63) is 0 Å². The molecule has 1 rings (SSSR count). The van der Waals surface area contributed by atoms with Gasteiger partial charge in [-0.15, -0.1) is 0 Å². The van der Waals surface area contributed by atoms with Crippen LogP contribution in [0.1, 0.15) is 0 Å². The molecule has 1 fully saturated rings. The van der Waals surface area contributed by atoms with Crippen molar-refractivity contribution in [1.82, 2.24) is 19.6 Å². The van der Waals surface area contributed by atoms with Crippen LogP contribution < -0.4 is 0 Å². The van der Waals surface area contributed by atoms with E-state index in [1.54, 1.807) is 0 Å². The molecule has 1 aliphatic rings. The fourth-order valence-electron chi connectivity index (χ4n) is 3.19. The Balaban J connectivity index is 0.0000102. The number of hydrogen-bond acceptors (Lipinski definition) is 8. The van der Waals surface area contributed by atoms with Gasteiger partial charge in [0, 0.05) is 90.1 Å². The zero-order chi connectivity index (χ0) is 24.8. The third-order valence-electron chi connectivity index (χ3n) is 4.47. The molecule has 0 saturated carbocycles. The Labute approximate surface area is 221 Å². The summed E-state index contributed by atoms with van der Waals surface area (Å²) < 4.78 is 45.9. The van der Waals surface area contributed by atoms with E-state index in [9.17, 15) is 57.4 Å². The van der Waals surface area contributed by atoms with Gasteiger partial charge in [0.15, 0.2) is 0 Å². The van der Waals surface area contributed by atoms with Crippen molar-refractivity contribution in [2.24, 2.45) is 0 Å². The van der Waals surface area contributed by atoms with Crippen molar-refractivity contribution in [3.8, 4) is 0 Å². The van der Waals surface area contributed by atoms with E-state index >= 15 is 0 Å². The summed E-state index contributed by atoms with van der Waals surface area (Å²) in [5.74, 6) is 0. The summed E-state index contributed by atoms with van der Waals surface area (Å²) >= 11 is 0. The SMILES string of the molecule is O=P(O)(O)CN1CCN(CP(=O)(O)O)CCN(CP(=O)(O)O)CCN(CP(=O)(O)O)CC1.[166Ho]. The van der Waals surface area contributed by atoms with E-state index in [-0.39, 0.29) is 90.1 Å². The average molecular weight is 714 g/mol. The summed E-state index contributed by atoms with van der Waals surface area (Å²) in [6, 6.07) is 0. The van der Waals surface area contributed by atoms with Crippen LogP contribution in [0.5, 0.6) is 0 Å². The van der Waals surface area contributed by atoms with Crippen LogP contribution in [0.4, 0.5) is 0 Å². The van der Waals surface area contributed by atoms with Crippen molar-refractivity contribution in [1.29, 1.82) is 0 Å². The molecule has 0 aromatic carbocycles. The molecule has 0 aromatic heterocycles. The van der Waals surface area contributed by atoms with E-state index in [1.165, 1.54) is 19.6 Å². The first kappa shape index (κ1) is 34.7. The van der Waals surface area contributed by atoms with E-state index in [0.29, 0.717) is 0 Å². The number of rotatable bonds is 8. The Kier molecular flexibility index (Phi) is 15.3. The molecule has 0 unspecified atom stereocenters. The van der Waals surface area contributed by atoms with Gasteiger partial charge in [0.1, 0.15) is 25.1 Å². The first-order valence-corrected chi connectivity index (χ1v) is 16.6. The molecule has 1 aliphatic heterocycles. The van der Waals surface area contributed by atoms with Crippen LogP contribution in [0.25, 0.3) is 0 Å². The molecular formula is C12H32HoN4O12P4. The smallest absolute Gasteiger partial charge is 0.324 e. The van der Waals surface area contributed by atoms with E-state index in [4.69, 9.17) is 0 Å². The summed E-state index contributed by atoms with van der Waals surface area (Å²) in [6.45, 7) is -0.0527. The Morgan fingerprint density at radius 3 is 0.606 bits per heavy atom. The predicted octanol–water partition coefficient (Wildman–Crippen LogP) is -2.25. The molecule has 0 spiro atoms. The van der Waals surface area contributed by atoms with Crippen molar-refractivity contribution < 1.29 is 95.1 Å². The van der Waals surface area contributed by atoms with Crippen molar-refractivity contribution in [3.63, 3.8) is 0 Å². The minimum Gasteiger partial charge on any atom is -0.324 e. The van der Waals surface area contributed by atoms with Crippen molar-refractivity contribution in [2.75, 3.05) is 77.5 Å². The van der Waals surface area contributed by atoms with Crippen LogP contribution in [0, 0.1) is 37.7 Å². The van der Waals surface area contributed by atoms with Crippen molar-refractivity contribution in [2.45, 2.75) is 0 Å². The van der Waals surface area contributed by atoms with E-state index in [1.807, 2.05) is 0 Å². The zero-order valence-corrected chi connectivity index (χ0v) is 23.1. The summed E-state index contributed by atoms with van der Waals surface area (Å²) in [5, 5.41) is 0. The molecule has 0 aromatic rings. The minimum absolute atomic E-state index is 0. The second kappa shape index (κ2) is 14.6. The summed E-state index contributed by atoms with van der Waals surface area (Å²) in [6.07, 6.45) is -2.59. The molecule has 1 radical (unpaired) electrons. The van der Waals surface area contributed by atoms with Crippen LogP contribution in [0.15, 0.2) is 0 Å². The molecule has 0 aliphatic carbocycles. The summed E-state index contributed by atoms with van der Waals surface area (Å²) in [7, 11) is -17.9. The minimum atomic E-state index is -4.48. The Bertz CT molecular complexity index is 640. The number of hydrogen-bond donors (Lipinski definition) is 8. The molecule has 203 valence electrons. The second-order valence-electron chi connectivity index (χ2n) is 7.70. The topological polar surface area (TPSA) is 243 Å². The molecule has 0 amide bonds. The van der Waals surface area contributed by atoms with Gasteiger partial charge in [-0.1, -0.05) is 0 Å². The fourth-order valence-corrected chi connectivity index (χ4v) is 6.40. The van der Waals surface area contributed by atoms with Gasteiger partial charge in [0.2, 0.25) is 0 Å². The molecular weight excluding hydrogens is 682 g/mol. The van der Waals surface area contributed by atoms with Gasteiger partial charge in [-0.2, -0.15) is 0 Å². The molecule has 0 atom stereocenters. The maximum absolute atomic E-state index is 11.5. The first-order chi connectivity index (χ1) is 14.3. The van der Waals surface area contributed by atoms with E-state index < -0.39 is 55.5 Å². The molecule has 1 saturated heterocycles. The van der Waals surface area contributed by atoms with Crippen LogP contribution >= 0.6 is 30.4 Å². The van der Waals surface area contributed by atoms with Gasteiger partial charge in [-0.05, 0) is 0 Å². The Morgan fingerprint density at radius 2 is 0.515 bits per heavy atom. The molecule has 8 N–H and O–H groups in total. The first-order valence-electron chi connectivity index (χ1n) is 9.39. The van der Waals surface area contributed by atoms with E-state index in [0.717, 1.165) is 0 Å². The third-order valence-corrected chi connectivity index (χ3v) is 7.54. The van der Waals surface area contributed by atoms with Crippen molar-refractivity contribution >= 4 is 30.4 Å². The second-order valence-corrected chi connectivity index (χ2v) is 14.1. The maximum atomic E-state index is 11.5. The fraction of sp³-hybridized carbons (Fsp3) is 1.00. The Hall–Kier alpha value is 1.70. The summed E-state index contributed by atoms with van der Waals surface area (Å²) in [5.41, 5.74) is 0. The monoisotopic (exact) mass is 714 g/mol. The molecule has 16 nitrogen and oxygen atoms in total. The molecule has 1 heterocycles. The third kappa shape index (κ3) is 19.5. The Morgan fingerprint density at radius 1 is 0.394 bits per heavy atom. The van der Waals surface area contributed by atoms with Gasteiger partial charge in [-0.3, -0.25) is 37.9 Å². The van der Waals surface area contributed by atoms with Gasteiger partial charge < -0.3 is 39.1 Å². The largest absolute Gasteiger partial charge is 0.339 e. The molecule has 21 heteroatoms. The standard InChI is InChI=1S/C12H32N4O12P4.Ho/c17-29(18,19)9-13-1-2-14(10-30(20,21)22)5-6-16(12-32(26,27)28)8-7-15(4-3-13)11-31(23,24)25;/h1-12H2,(H2,17,18,19)(H2,20,21,22)(H2,23,24,25)(H2,26,27,28);/i;1+1. The maximum Gasteiger partial charge on any atom is 0.339 e. The number of nitrogens with zero attached hydrogens (tertiary/aromatic N) is 4. The van der Waals surface area contributed by atoms with Crippen LogP contribution in [-0.4, -0.2) is 136 Å². The van der Waals surface area contributed by atoms with Crippen LogP contribution in [0.3, 0.4) is 0 Å². The van der Waals surface area contributed by atoms with Gasteiger partial charge in [-0.25, -0.2) is 0 Å². The average Bonchev–Trinajstić information content (AvgIpc) is 2.52. The normalized spacial score (nSPS) is 20.6. The van der Waals surface area contributed by atoms with Gasteiger partial charge >= 0.3 is 30.4 Å². The van der Waals surface area contributed by atoms with Crippen LogP contribution in [0.2, 0.25) is 0 Å². The predicted molar refractivity (Wildman–Crippen MR) is 114 cm³/mol. The quantitative estimate of drug-likeness (QED) is 0.0978. The van der Waals surface area contributed by atoms with Gasteiger partial charge in [0.05, 0.1) is 0 Å². The summed E-state index contributed by atoms with van der Waals surface area (Å²) in [4.78, 5) is 79.9. The van der Waals surface area contributed by atoms with E-state index in [2.05, 4.69) is 0 Å².